The fourth-order valence-electron chi connectivity index (χ4n) is 1.79. The minimum atomic E-state index is -1.13. The molecule has 0 aliphatic heterocycles. The third-order valence-electron chi connectivity index (χ3n) is 2.78. The smallest absolute Gasteiger partial charge is 0.335 e. The summed E-state index contributed by atoms with van der Waals surface area (Å²) >= 11 is 0. The Kier molecular flexibility index (Phi) is 7.37. The fourth-order valence-corrected chi connectivity index (χ4v) is 1.79. The van der Waals surface area contributed by atoms with Crippen molar-refractivity contribution in [1.29, 1.82) is 0 Å². The Bertz CT molecular complexity index is 644. The molecule has 0 fully saturated rings. The van der Waals surface area contributed by atoms with Gasteiger partial charge in [0.05, 0.1) is 25.3 Å². The van der Waals surface area contributed by atoms with Crippen LogP contribution in [-0.4, -0.2) is 49.0 Å². The minimum Gasteiger partial charge on any atom is -0.478 e. The SMILES string of the molecule is COCc1cc(NC(=O)CNC(=O)CNC(C)=O)cc(C(=O)O)c1. The van der Waals surface area contributed by atoms with Gasteiger partial charge in [-0.2, -0.15) is 0 Å². The van der Waals surface area contributed by atoms with Gasteiger partial charge in [0.1, 0.15) is 0 Å². The summed E-state index contributed by atoms with van der Waals surface area (Å²) in [6, 6.07) is 4.32. The van der Waals surface area contributed by atoms with Gasteiger partial charge in [-0.1, -0.05) is 0 Å². The number of ether oxygens (including phenoxy) is 1. The number of hydrogen-bond donors (Lipinski definition) is 4. The zero-order valence-electron chi connectivity index (χ0n) is 13.3. The van der Waals surface area contributed by atoms with Gasteiger partial charge < -0.3 is 25.8 Å². The number of carbonyl (C=O) groups excluding carboxylic acids is 3. The molecule has 0 aliphatic carbocycles. The molecule has 0 bridgehead atoms. The molecule has 130 valence electrons. The van der Waals surface area contributed by atoms with Crippen LogP contribution in [0, 0.1) is 0 Å². The van der Waals surface area contributed by atoms with Gasteiger partial charge in [-0.3, -0.25) is 14.4 Å². The van der Waals surface area contributed by atoms with Crippen LogP contribution in [0.25, 0.3) is 0 Å². The van der Waals surface area contributed by atoms with Crippen molar-refractivity contribution in [2.75, 3.05) is 25.5 Å². The van der Waals surface area contributed by atoms with Crippen molar-refractivity contribution in [1.82, 2.24) is 10.6 Å². The Hall–Kier alpha value is -2.94. The normalized spacial score (nSPS) is 9.92. The van der Waals surface area contributed by atoms with Crippen LogP contribution in [0.4, 0.5) is 5.69 Å². The van der Waals surface area contributed by atoms with Crippen molar-refractivity contribution >= 4 is 29.4 Å². The highest BCUT2D eigenvalue weighted by atomic mass is 16.5. The van der Waals surface area contributed by atoms with Crippen LogP contribution in [-0.2, 0) is 25.7 Å². The summed E-state index contributed by atoms with van der Waals surface area (Å²) in [6.45, 7) is 0.925. The van der Waals surface area contributed by atoms with Crippen molar-refractivity contribution in [3.05, 3.63) is 29.3 Å². The lowest BCUT2D eigenvalue weighted by molar-refractivity contribution is -0.126. The maximum atomic E-state index is 11.8. The quantitative estimate of drug-likeness (QED) is 0.515. The van der Waals surface area contributed by atoms with E-state index in [4.69, 9.17) is 9.84 Å². The summed E-state index contributed by atoms with van der Waals surface area (Å²) in [6.07, 6.45) is 0. The number of carboxylic acids is 1. The molecule has 1 rings (SSSR count). The second kappa shape index (κ2) is 9.26. The monoisotopic (exact) mass is 337 g/mol. The zero-order chi connectivity index (χ0) is 18.1. The summed E-state index contributed by atoms with van der Waals surface area (Å²) in [4.78, 5) is 45.0. The van der Waals surface area contributed by atoms with Gasteiger partial charge in [-0.25, -0.2) is 4.79 Å². The summed E-state index contributed by atoms with van der Waals surface area (Å²) in [5, 5.41) is 16.2. The molecule has 0 saturated carbocycles. The van der Waals surface area contributed by atoms with Crippen LogP contribution < -0.4 is 16.0 Å². The largest absolute Gasteiger partial charge is 0.478 e. The highest BCUT2D eigenvalue weighted by molar-refractivity contribution is 5.96. The number of nitrogens with one attached hydrogen (secondary N) is 3. The Morgan fingerprint density at radius 2 is 1.71 bits per heavy atom. The van der Waals surface area contributed by atoms with Crippen LogP contribution >= 0.6 is 0 Å². The summed E-state index contributed by atoms with van der Waals surface area (Å²) in [5.41, 5.74) is 0.875. The summed E-state index contributed by atoms with van der Waals surface area (Å²) in [5.74, 6) is -2.53. The third kappa shape index (κ3) is 6.88. The van der Waals surface area contributed by atoms with Crippen LogP contribution in [0.2, 0.25) is 0 Å². The zero-order valence-corrected chi connectivity index (χ0v) is 13.3. The Morgan fingerprint density at radius 1 is 1.04 bits per heavy atom. The third-order valence-corrected chi connectivity index (χ3v) is 2.78. The second-order valence-corrected chi connectivity index (χ2v) is 4.89. The van der Waals surface area contributed by atoms with Gasteiger partial charge in [0.2, 0.25) is 17.7 Å². The fraction of sp³-hybridized carbons (Fsp3) is 0.333. The highest BCUT2D eigenvalue weighted by Crippen LogP contribution is 2.16. The minimum absolute atomic E-state index is 0.00884. The van der Waals surface area contributed by atoms with Gasteiger partial charge >= 0.3 is 5.97 Å². The van der Waals surface area contributed by atoms with Crippen molar-refractivity contribution in [2.24, 2.45) is 0 Å². The standard InChI is InChI=1S/C15H19N3O6/c1-9(19)16-6-13(20)17-7-14(21)18-12-4-10(8-24-2)3-11(5-12)15(22)23/h3-5H,6-8H2,1-2H3,(H,16,19)(H,17,20)(H,18,21)(H,22,23). The predicted molar refractivity (Wildman–Crippen MR) is 84.4 cm³/mol. The van der Waals surface area contributed by atoms with E-state index in [1.807, 2.05) is 0 Å². The van der Waals surface area contributed by atoms with E-state index in [2.05, 4.69) is 16.0 Å². The van der Waals surface area contributed by atoms with Crippen LogP contribution in [0.15, 0.2) is 18.2 Å². The van der Waals surface area contributed by atoms with E-state index in [0.29, 0.717) is 5.56 Å². The number of methoxy groups -OCH3 is 1. The van der Waals surface area contributed by atoms with Gasteiger partial charge in [0.15, 0.2) is 0 Å². The molecule has 24 heavy (non-hydrogen) atoms. The van der Waals surface area contributed by atoms with Crippen LogP contribution in [0.5, 0.6) is 0 Å². The number of aromatic carboxylic acids is 1. The lowest BCUT2D eigenvalue weighted by Crippen LogP contribution is -2.39. The van der Waals surface area contributed by atoms with Crippen molar-refractivity contribution in [3.63, 3.8) is 0 Å². The average molecular weight is 337 g/mol. The number of hydrogen-bond acceptors (Lipinski definition) is 5. The molecular formula is C15H19N3O6. The maximum Gasteiger partial charge on any atom is 0.335 e. The first kappa shape index (κ1) is 19.1. The number of benzene rings is 1. The first-order valence-electron chi connectivity index (χ1n) is 6.99. The molecule has 4 N–H and O–H groups in total. The lowest BCUT2D eigenvalue weighted by atomic mass is 10.1. The molecule has 3 amide bonds. The summed E-state index contributed by atoms with van der Waals surface area (Å²) in [7, 11) is 1.47. The molecular weight excluding hydrogens is 318 g/mol. The van der Waals surface area contributed by atoms with Gasteiger partial charge in [-0.15, -0.1) is 0 Å². The molecule has 0 spiro atoms. The van der Waals surface area contributed by atoms with E-state index in [1.54, 1.807) is 6.07 Å². The molecule has 0 radical (unpaired) electrons. The number of carbonyl (C=O) groups is 4. The lowest BCUT2D eigenvalue weighted by Gasteiger charge is -2.10. The molecule has 0 unspecified atom stereocenters. The highest BCUT2D eigenvalue weighted by Gasteiger charge is 2.10. The van der Waals surface area contributed by atoms with Crippen molar-refractivity contribution in [2.45, 2.75) is 13.5 Å². The Labute approximate surface area is 138 Å². The number of amides is 3. The van der Waals surface area contributed by atoms with Gasteiger partial charge in [0.25, 0.3) is 0 Å². The Morgan fingerprint density at radius 3 is 2.29 bits per heavy atom. The predicted octanol–water partition coefficient (Wildman–Crippen LogP) is -0.278. The molecule has 0 heterocycles. The molecule has 9 heteroatoms. The number of carboxylic acid groups (broad SMARTS) is 1. The van der Waals surface area contributed by atoms with E-state index < -0.39 is 17.8 Å². The van der Waals surface area contributed by atoms with E-state index in [-0.39, 0.29) is 36.9 Å². The molecule has 0 aliphatic rings. The second-order valence-electron chi connectivity index (χ2n) is 4.89. The van der Waals surface area contributed by atoms with Crippen molar-refractivity contribution < 1.29 is 29.0 Å². The van der Waals surface area contributed by atoms with Crippen molar-refractivity contribution in [3.8, 4) is 0 Å². The van der Waals surface area contributed by atoms with E-state index in [1.165, 1.54) is 26.2 Å². The number of rotatable bonds is 8. The molecule has 9 nitrogen and oxygen atoms in total. The molecule has 0 aromatic heterocycles. The van der Waals surface area contributed by atoms with E-state index >= 15 is 0 Å². The van der Waals surface area contributed by atoms with Gasteiger partial charge in [-0.05, 0) is 23.8 Å². The summed E-state index contributed by atoms with van der Waals surface area (Å²) < 4.78 is 4.95. The van der Waals surface area contributed by atoms with E-state index in [9.17, 15) is 19.2 Å². The van der Waals surface area contributed by atoms with Crippen LogP contribution in [0.1, 0.15) is 22.8 Å². The van der Waals surface area contributed by atoms with E-state index in [0.717, 1.165) is 0 Å². The first-order chi connectivity index (χ1) is 11.3. The maximum absolute atomic E-state index is 11.8. The topological polar surface area (TPSA) is 134 Å². The van der Waals surface area contributed by atoms with Crippen LogP contribution in [0.3, 0.4) is 0 Å². The molecule has 0 saturated heterocycles. The average Bonchev–Trinajstić information content (AvgIpc) is 2.51. The molecule has 1 aromatic rings. The molecule has 0 atom stereocenters. The first-order valence-corrected chi connectivity index (χ1v) is 6.99. The number of anilines is 1. The molecule has 1 aromatic carbocycles. The Balaban J connectivity index is 2.64. The van der Waals surface area contributed by atoms with Gasteiger partial charge in [0, 0.05) is 19.7 Å².